The molecule has 1 aliphatic heterocycles. The lowest BCUT2D eigenvalue weighted by molar-refractivity contribution is 0.317. The number of nitrogens with zero attached hydrogens (tertiary/aromatic N) is 2. The molecule has 4 rings (SSSR count). The lowest BCUT2D eigenvalue weighted by Gasteiger charge is -2.28. The van der Waals surface area contributed by atoms with Gasteiger partial charge >= 0.3 is 0 Å². The second-order valence-corrected chi connectivity index (χ2v) is 7.12. The monoisotopic (exact) mass is 273 g/mol. The molecule has 110 valence electrons. The van der Waals surface area contributed by atoms with E-state index in [0.717, 1.165) is 31.0 Å². The van der Waals surface area contributed by atoms with Crippen molar-refractivity contribution >= 4 is 0 Å². The van der Waals surface area contributed by atoms with Gasteiger partial charge in [0.05, 0.1) is 5.69 Å². The Morgan fingerprint density at radius 3 is 2.80 bits per heavy atom. The van der Waals surface area contributed by atoms with Crippen LogP contribution in [0.2, 0.25) is 0 Å². The Morgan fingerprint density at radius 1 is 1.10 bits per heavy atom. The van der Waals surface area contributed by atoms with Crippen LogP contribution in [0, 0.1) is 5.92 Å². The van der Waals surface area contributed by atoms with Crippen LogP contribution in [0.1, 0.15) is 81.0 Å². The fourth-order valence-corrected chi connectivity index (χ4v) is 4.21. The predicted octanol–water partition coefficient (Wildman–Crippen LogP) is 3.55. The number of imidazole rings is 1. The van der Waals surface area contributed by atoms with Crippen molar-refractivity contribution in [3.63, 3.8) is 0 Å². The van der Waals surface area contributed by atoms with Crippen LogP contribution in [0.5, 0.6) is 0 Å². The van der Waals surface area contributed by atoms with Crippen molar-refractivity contribution in [2.24, 2.45) is 5.92 Å². The maximum Gasteiger partial charge on any atom is 0.112 e. The molecule has 0 spiro atoms. The molecule has 0 radical (unpaired) electrons. The molecule has 1 aromatic heterocycles. The molecule has 0 saturated heterocycles. The average Bonchev–Trinajstić information content (AvgIpc) is 3.26. The number of hydrogen-bond acceptors (Lipinski definition) is 2. The van der Waals surface area contributed by atoms with Crippen LogP contribution in [0.4, 0.5) is 0 Å². The van der Waals surface area contributed by atoms with Crippen LogP contribution < -0.4 is 5.32 Å². The van der Waals surface area contributed by atoms with E-state index in [2.05, 4.69) is 16.8 Å². The van der Waals surface area contributed by atoms with Gasteiger partial charge in [0.2, 0.25) is 0 Å². The molecule has 2 atom stereocenters. The standard InChI is InChI=1S/C17H27N3/c1-12-5-3-2-4-6-15(12)20-16-9-10-18-11-14(16)19-17(20)13-7-8-13/h12-13,15,18H,2-11H2,1H3. The number of fused-ring (bicyclic) bond motifs is 1. The van der Waals surface area contributed by atoms with Gasteiger partial charge in [-0.2, -0.15) is 0 Å². The van der Waals surface area contributed by atoms with Gasteiger partial charge in [-0.1, -0.05) is 26.2 Å². The average molecular weight is 273 g/mol. The second-order valence-electron chi connectivity index (χ2n) is 7.12. The van der Waals surface area contributed by atoms with Crippen molar-refractivity contribution in [3.05, 3.63) is 17.2 Å². The highest BCUT2D eigenvalue weighted by Gasteiger charge is 2.35. The third-order valence-corrected chi connectivity index (χ3v) is 5.54. The number of rotatable bonds is 2. The zero-order chi connectivity index (χ0) is 13.5. The quantitative estimate of drug-likeness (QED) is 0.835. The molecule has 0 bridgehead atoms. The van der Waals surface area contributed by atoms with Crippen LogP contribution in [-0.4, -0.2) is 16.1 Å². The molecule has 3 heteroatoms. The highest BCUT2D eigenvalue weighted by molar-refractivity contribution is 5.25. The number of nitrogens with one attached hydrogen (secondary N) is 1. The van der Waals surface area contributed by atoms with Gasteiger partial charge < -0.3 is 9.88 Å². The molecule has 2 unspecified atom stereocenters. The van der Waals surface area contributed by atoms with E-state index in [4.69, 9.17) is 4.98 Å². The van der Waals surface area contributed by atoms with Crippen molar-refractivity contribution < 1.29 is 0 Å². The van der Waals surface area contributed by atoms with Gasteiger partial charge in [-0.15, -0.1) is 0 Å². The third kappa shape index (κ3) is 2.20. The van der Waals surface area contributed by atoms with Gasteiger partial charge in [-0.05, 0) is 31.6 Å². The molecule has 3 aliphatic rings. The van der Waals surface area contributed by atoms with Crippen LogP contribution in [-0.2, 0) is 13.0 Å². The highest BCUT2D eigenvalue weighted by atomic mass is 15.2. The Balaban J connectivity index is 1.76. The van der Waals surface area contributed by atoms with Gasteiger partial charge in [0.15, 0.2) is 0 Å². The van der Waals surface area contributed by atoms with Crippen molar-refractivity contribution in [2.75, 3.05) is 6.54 Å². The minimum atomic E-state index is 0.724. The summed E-state index contributed by atoms with van der Waals surface area (Å²) in [6, 6.07) is 0.724. The van der Waals surface area contributed by atoms with Crippen molar-refractivity contribution in [1.29, 1.82) is 0 Å². The summed E-state index contributed by atoms with van der Waals surface area (Å²) in [6.07, 6.45) is 10.9. The lowest BCUT2D eigenvalue weighted by Crippen LogP contribution is -2.27. The molecular weight excluding hydrogens is 246 g/mol. The van der Waals surface area contributed by atoms with Crippen molar-refractivity contribution in [3.8, 4) is 0 Å². The topological polar surface area (TPSA) is 29.9 Å². The molecule has 1 aromatic rings. The van der Waals surface area contributed by atoms with E-state index in [0.29, 0.717) is 0 Å². The van der Waals surface area contributed by atoms with Crippen LogP contribution >= 0.6 is 0 Å². The van der Waals surface area contributed by atoms with Crippen LogP contribution in [0.15, 0.2) is 0 Å². The van der Waals surface area contributed by atoms with Crippen LogP contribution in [0.3, 0.4) is 0 Å². The Hall–Kier alpha value is -0.830. The second kappa shape index (κ2) is 5.18. The Kier molecular flexibility index (Phi) is 3.33. The first kappa shape index (κ1) is 12.9. The first-order chi connectivity index (χ1) is 9.84. The van der Waals surface area contributed by atoms with Gasteiger partial charge in [-0.25, -0.2) is 4.98 Å². The smallest absolute Gasteiger partial charge is 0.112 e. The van der Waals surface area contributed by atoms with E-state index in [1.165, 1.54) is 62.9 Å². The largest absolute Gasteiger partial charge is 0.328 e. The zero-order valence-electron chi connectivity index (χ0n) is 12.7. The minimum absolute atomic E-state index is 0.724. The molecule has 0 aromatic carbocycles. The first-order valence-electron chi connectivity index (χ1n) is 8.65. The summed E-state index contributed by atoms with van der Waals surface area (Å²) in [4.78, 5) is 5.05. The Morgan fingerprint density at radius 2 is 1.95 bits per heavy atom. The maximum atomic E-state index is 5.05. The summed E-state index contributed by atoms with van der Waals surface area (Å²) in [6.45, 7) is 4.59. The molecule has 2 aliphatic carbocycles. The summed E-state index contributed by atoms with van der Waals surface area (Å²) in [5.41, 5.74) is 2.93. The van der Waals surface area contributed by atoms with E-state index >= 15 is 0 Å². The van der Waals surface area contributed by atoms with E-state index < -0.39 is 0 Å². The first-order valence-corrected chi connectivity index (χ1v) is 8.65. The molecule has 2 heterocycles. The SMILES string of the molecule is CC1CCCCCC1n1c(C2CC2)nc2c1CCNC2. The maximum absolute atomic E-state index is 5.05. The van der Waals surface area contributed by atoms with E-state index in [-0.39, 0.29) is 0 Å². The fourth-order valence-electron chi connectivity index (χ4n) is 4.21. The van der Waals surface area contributed by atoms with Crippen LogP contribution in [0.25, 0.3) is 0 Å². The third-order valence-electron chi connectivity index (χ3n) is 5.54. The summed E-state index contributed by atoms with van der Waals surface area (Å²) < 4.78 is 2.73. The lowest BCUT2D eigenvalue weighted by atomic mass is 9.95. The van der Waals surface area contributed by atoms with Gasteiger partial charge in [0, 0.05) is 37.2 Å². The molecule has 0 amide bonds. The van der Waals surface area contributed by atoms with Gasteiger partial charge in [-0.3, -0.25) is 0 Å². The number of aromatic nitrogens is 2. The summed E-state index contributed by atoms with van der Waals surface area (Å²) in [5, 5.41) is 3.49. The van der Waals surface area contributed by atoms with E-state index in [9.17, 15) is 0 Å². The molecule has 2 saturated carbocycles. The highest BCUT2D eigenvalue weighted by Crippen LogP contribution is 2.44. The fraction of sp³-hybridized carbons (Fsp3) is 0.824. The number of hydrogen-bond donors (Lipinski definition) is 1. The molecule has 20 heavy (non-hydrogen) atoms. The Labute approximate surface area is 122 Å². The summed E-state index contributed by atoms with van der Waals surface area (Å²) in [7, 11) is 0. The van der Waals surface area contributed by atoms with E-state index in [1.54, 1.807) is 5.69 Å². The van der Waals surface area contributed by atoms with Crippen molar-refractivity contribution in [2.45, 2.75) is 76.8 Å². The van der Waals surface area contributed by atoms with Gasteiger partial charge in [0.1, 0.15) is 5.82 Å². The Bertz CT molecular complexity index is 487. The normalized spacial score (nSPS) is 30.9. The predicted molar refractivity (Wildman–Crippen MR) is 80.9 cm³/mol. The molecule has 3 nitrogen and oxygen atoms in total. The van der Waals surface area contributed by atoms with Gasteiger partial charge in [0.25, 0.3) is 0 Å². The molecular formula is C17H27N3. The summed E-state index contributed by atoms with van der Waals surface area (Å²) >= 11 is 0. The van der Waals surface area contributed by atoms with Crippen molar-refractivity contribution in [1.82, 2.24) is 14.9 Å². The zero-order valence-corrected chi connectivity index (χ0v) is 12.7. The molecule has 1 N–H and O–H groups in total. The van der Waals surface area contributed by atoms with E-state index in [1.807, 2.05) is 0 Å². The molecule has 2 fully saturated rings. The minimum Gasteiger partial charge on any atom is -0.328 e. The summed E-state index contributed by atoms with van der Waals surface area (Å²) in [5.74, 6) is 3.04.